The molecule has 5 nitrogen and oxygen atoms in total. The van der Waals surface area contributed by atoms with Crippen molar-refractivity contribution < 1.29 is 4.79 Å². The minimum absolute atomic E-state index is 0.112. The molecule has 0 bridgehead atoms. The molecule has 1 fully saturated rings. The summed E-state index contributed by atoms with van der Waals surface area (Å²) in [5.41, 5.74) is 0.422. The van der Waals surface area contributed by atoms with Crippen molar-refractivity contribution >= 4 is 29.0 Å². The molecule has 7 heteroatoms. The fraction of sp³-hybridized carbons (Fsp3) is 0.500. The minimum atomic E-state index is -0.112. The largest absolute Gasteiger partial charge is 0.350 e. The van der Waals surface area contributed by atoms with E-state index in [0.717, 1.165) is 37.9 Å². The molecule has 0 spiro atoms. The van der Waals surface area contributed by atoms with E-state index in [1.54, 1.807) is 0 Å². The molecule has 0 aliphatic carbocycles. The van der Waals surface area contributed by atoms with E-state index in [9.17, 15) is 4.79 Å². The van der Waals surface area contributed by atoms with E-state index in [2.05, 4.69) is 36.5 Å². The highest BCUT2D eigenvalue weighted by Crippen LogP contribution is 2.20. The maximum atomic E-state index is 11.9. The standard InChI is InChI=1S/C14H18N4OS2/c19-14(13-8-16-21-17-13)15-7-11-3-1-5-18(9-11)10-12-4-2-6-20-12/h2,4,6,8,11H,1,3,5,7,9-10H2,(H,15,19). The van der Waals surface area contributed by atoms with Crippen LogP contribution in [-0.4, -0.2) is 39.2 Å². The zero-order valence-corrected chi connectivity index (χ0v) is 13.3. The van der Waals surface area contributed by atoms with Gasteiger partial charge in [-0.1, -0.05) is 6.07 Å². The molecule has 1 atom stereocenters. The Morgan fingerprint density at radius 2 is 2.48 bits per heavy atom. The minimum Gasteiger partial charge on any atom is -0.350 e. The lowest BCUT2D eigenvalue weighted by molar-refractivity contribution is 0.0927. The Kier molecular flexibility index (Phi) is 4.95. The second-order valence-electron chi connectivity index (χ2n) is 5.33. The molecular formula is C14H18N4OS2. The Bertz CT molecular complexity index is 556. The molecule has 1 saturated heterocycles. The monoisotopic (exact) mass is 322 g/mol. The number of carbonyl (C=O) groups excluding carboxylic acids is 1. The Morgan fingerprint density at radius 3 is 3.24 bits per heavy atom. The van der Waals surface area contributed by atoms with E-state index in [4.69, 9.17) is 0 Å². The highest BCUT2D eigenvalue weighted by Gasteiger charge is 2.21. The number of rotatable bonds is 5. The quantitative estimate of drug-likeness (QED) is 0.917. The molecule has 0 radical (unpaired) electrons. The van der Waals surface area contributed by atoms with Crippen molar-refractivity contribution in [1.29, 1.82) is 0 Å². The van der Waals surface area contributed by atoms with Gasteiger partial charge in [-0.2, -0.15) is 8.75 Å². The molecule has 1 aliphatic rings. The molecule has 1 amide bonds. The van der Waals surface area contributed by atoms with Crippen molar-refractivity contribution in [3.8, 4) is 0 Å². The van der Waals surface area contributed by atoms with E-state index < -0.39 is 0 Å². The molecule has 21 heavy (non-hydrogen) atoms. The number of hydrogen-bond donors (Lipinski definition) is 1. The molecule has 0 aromatic carbocycles. The van der Waals surface area contributed by atoms with E-state index in [1.165, 1.54) is 23.9 Å². The van der Waals surface area contributed by atoms with Gasteiger partial charge in [-0.15, -0.1) is 11.3 Å². The maximum absolute atomic E-state index is 11.9. The van der Waals surface area contributed by atoms with E-state index in [1.807, 2.05) is 11.3 Å². The van der Waals surface area contributed by atoms with Crippen LogP contribution in [0.15, 0.2) is 23.7 Å². The predicted molar refractivity (Wildman–Crippen MR) is 84.6 cm³/mol. The number of likely N-dealkylation sites (tertiary alicyclic amines) is 1. The van der Waals surface area contributed by atoms with Crippen LogP contribution in [-0.2, 0) is 6.54 Å². The van der Waals surface area contributed by atoms with Gasteiger partial charge in [-0.05, 0) is 36.8 Å². The van der Waals surface area contributed by atoms with Crippen LogP contribution in [0.1, 0.15) is 28.2 Å². The summed E-state index contributed by atoms with van der Waals surface area (Å²) in [5.74, 6) is 0.411. The van der Waals surface area contributed by atoms with Gasteiger partial charge < -0.3 is 5.32 Å². The van der Waals surface area contributed by atoms with Crippen molar-refractivity contribution in [2.45, 2.75) is 19.4 Å². The van der Waals surface area contributed by atoms with E-state index in [0.29, 0.717) is 11.6 Å². The van der Waals surface area contributed by atoms with Crippen LogP contribution >= 0.6 is 23.1 Å². The smallest absolute Gasteiger partial charge is 0.272 e. The van der Waals surface area contributed by atoms with Crippen LogP contribution in [0, 0.1) is 5.92 Å². The number of amides is 1. The average molecular weight is 322 g/mol. The highest BCUT2D eigenvalue weighted by atomic mass is 32.1. The van der Waals surface area contributed by atoms with Gasteiger partial charge in [0.25, 0.3) is 5.91 Å². The van der Waals surface area contributed by atoms with Crippen LogP contribution < -0.4 is 5.32 Å². The number of piperidine rings is 1. The van der Waals surface area contributed by atoms with Crippen LogP contribution in [0.4, 0.5) is 0 Å². The third-order valence-corrected chi connectivity index (χ3v) is 5.05. The van der Waals surface area contributed by atoms with Crippen molar-refractivity contribution in [2.75, 3.05) is 19.6 Å². The van der Waals surface area contributed by atoms with Gasteiger partial charge in [-0.25, -0.2) is 0 Å². The number of nitrogens with zero attached hydrogens (tertiary/aromatic N) is 3. The molecule has 0 saturated carbocycles. The molecule has 3 heterocycles. The maximum Gasteiger partial charge on any atom is 0.272 e. The fourth-order valence-corrected chi connectivity index (χ4v) is 3.84. The van der Waals surface area contributed by atoms with Gasteiger partial charge in [0.2, 0.25) is 0 Å². The lowest BCUT2D eigenvalue weighted by Gasteiger charge is -2.32. The Morgan fingerprint density at radius 1 is 1.52 bits per heavy atom. The summed E-state index contributed by atoms with van der Waals surface area (Å²) in [6.07, 6.45) is 3.89. The summed E-state index contributed by atoms with van der Waals surface area (Å²) >= 11 is 2.87. The second kappa shape index (κ2) is 7.11. The summed E-state index contributed by atoms with van der Waals surface area (Å²) in [4.78, 5) is 15.8. The van der Waals surface area contributed by atoms with Gasteiger partial charge in [0.05, 0.1) is 17.9 Å². The summed E-state index contributed by atoms with van der Waals surface area (Å²) in [6, 6.07) is 4.29. The van der Waals surface area contributed by atoms with Gasteiger partial charge >= 0.3 is 0 Å². The molecule has 112 valence electrons. The van der Waals surface area contributed by atoms with Gasteiger partial charge in [0, 0.05) is 24.5 Å². The average Bonchev–Trinajstić information content (AvgIpc) is 3.18. The number of nitrogens with one attached hydrogen (secondary N) is 1. The second-order valence-corrected chi connectivity index (χ2v) is 6.91. The van der Waals surface area contributed by atoms with Crippen molar-refractivity contribution in [1.82, 2.24) is 19.0 Å². The number of carbonyl (C=O) groups is 1. The van der Waals surface area contributed by atoms with Gasteiger partial charge in [0.15, 0.2) is 5.69 Å². The molecule has 1 N–H and O–H groups in total. The van der Waals surface area contributed by atoms with Crippen LogP contribution in [0.5, 0.6) is 0 Å². The van der Waals surface area contributed by atoms with Crippen LogP contribution in [0.2, 0.25) is 0 Å². The first-order valence-corrected chi connectivity index (χ1v) is 8.73. The first-order chi connectivity index (χ1) is 10.3. The predicted octanol–water partition coefficient (Wildman–Crippen LogP) is 2.24. The van der Waals surface area contributed by atoms with E-state index >= 15 is 0 Å². The molecule has 2 aromatic heterocycles. The zero-order chi connectivity index (χ0) is 14.5. The van der Waals surface area contributed by atoms with Crippen molar-refractivity contribution in [3.63, 3.8) is 0 Å². The normalized spacial score (nSPS) is 19.5. The number of hydrogen-bond acceptors (Lipinski definition) is 6. The SMILES string of the molecule is O=C(NCC1CCCN(Cc2cccs2)C1)c1cnsn1. The van der Waals surface area contributed by atoms with Gasteiger partial charge in [-0.3, -0.25) is 9.69 Å². The third-order valence-electron chi connectivity index (χ3n) is 3.71. The Balaban J connectivity index is 1.46. The van der Waals surface area contributed by atoms with E-state index in [-0.39, 0.29) is 5.91 Å². The molecule has 2 aromatic rings. The zero-order valence-electron chi connectivity index (χ0n) is 11.7. The highest BCUT2D eigenvalue weighted by molar-refractivity contribution is 7.09. The van der Waals surface area contributed by atoms with Crippen molar-refractivity contribution in [3.05, 3.63) is 34.3 Å². The first-order valence-electron chi connectivity index (χ1n) is 7.12. The van der Waals surface area contributed by atoms with Crippen LogP contribution in [0.25, 0.3) is 0 Å². The molecule has 3 rings (SSSR count). The summed E-state index contributed by atoms with van der Waals surface area (Å²) in [5, 5.41) is 5.10. The number of thiophene rings is 1. The third kappa shape index (κ3) is 4.09. The van der Waals surface area contributed by atoms with Crippen LogP contribution in [0.3, 0.4) is 0 Å². The summed E-state index contributed by atoms with van der Waals surface area (Å²) in [6.45, 7) is 3.95. The van der Waals surface area contributed by atoms with Crippen molar-refractivity contribution in [2.24, 2.45) is 5.92 Å². The lowest BCUT2D eigenvalue weighted by atomic mass is 9.98. The lowest BCUT2D eigenvalue weighted by Crippen LogP contribution is -2.40. The van der Waals surface area contributed by atoms with Gasteiger partial charge in [0.1, 0.15) is 0 Å². The first kappa shape index (κ1) is 14.6. The topological polar surface area (TPSA) is 58.1 Å². The summed E-state index contributed by atoms with van der Waals surface area (Å²) < 4.78 is 7.81. The number of aromatic nitrogens is 2. The molecule has 1 unspecified atom stereocenters. The Hall–Kier alpha value is -1.31. The summed E-state index contributed by atoms with van der Waals surface area (Å²) in [7, 11) is 0. The fourth-order valence-electron chi connectivity index (χ4n) is 2.68. The Labute approximate surface area is 132 Å². The molecular weight excluding hydrogens is 304 g/mol. The molecule has 1 aliphatic heterocycles.